The van der Waals surface area contributed by atoms with Gasteiger partial charge in [0.2, 0.25) is 0 Å². The molecule has 0 radical (unpaired) electrons. The zero-order chi connectivity index (χ0) is 11.6. The van der Waals surface area contributed by atoms with Crippen LogP contribution in [0.1, 0.15) is 42.9 Å². The van der Waals surface area contributed by atoms with Crippen LogP contribution in [0, 0.1) is 0 Å². The molecule has 0 aromatic heterocycles. The van der Waals surface area contributed by atoms with Crippen LogP contribution in [0.4, 0.5) is 0 Å². The largest absolute Gasteiger partial charge is 0.396 e. The van der Waals surface area contributed by atoms with Crippen LogP contribution in [-0.4, -0.2) is 16.8 Å². The molecule has 0 amide bonds. The molecule has 1 atom stereocenters. The third-order valence-electron chi connectivity index (χ3n) is 3.54. The van der Waals surface area contributed by atoms with Crippen LogP contribution >= 0.6 is 0 Å². The molecular weight excluding hydrogens is 200 g/mol. The minimum absolute atomic E-state index is 0.140. The van der Waals surface area contributed by atoms with Crippen LogP contribution in [0.2, 0.25) is 0 Å². The molecule has 1 unspecified atom stereocenters. The number of aryl methyl sites for hydroxylation is 2. The van der Waals surface area contributed by atoms with Gasteiger partial charge >= 0.3 is 0 Å². The molecule has 0 spiro atoms. The van der Waals surface area contributed by atoms with E-state index >= 15 is 0 Å². The van der Waals surface area contributed by atoms with E-state index in [0.29, 0.717) is 12.8 Å². The van der Waals surface area contributed by atoms with Crippen molar-refractivity contribution in [3.63, 3.8) is 0 Å². The van der Waals surface area contributed by atoms with Gasteiger partial charge < -0.3 is 10.2 Å². The summed E-state index contributed by atoms with van der Waals surface area (Å²) >= 11 is 0. The molecule has 1 aliphatic rings. The van der Waals surface area contributed by atoms with Gasteiger partial charge in [-0.3, -0.25) is 0 Å². The third kappa shape index (κ3) is 2.28. The predicted octanol–water partition coefficient (Wildman–Crippen LogP) is 2.16. The topological polar surface area (TPSA) is 40.5 Å². The Balaban J connectivity index is 2.20. The van der Waals surface area contributed by atoms with Crippen molar-refractivity contribution in [1.82, 2.24) is 0 Å². The molecule has 0 saturated carbocycles. The molecule has 2 nitrogen and oxygen atoms in total. The van der Waals surface area contributed by atoms with E-state index in [4.69, 9.17) is 5.11 Å². The molecule has 16 heavy (non-hydrogen) atoms. The molecule has 2 rings (SSSR count). The molecule has 2 heteroatoms. The van der Waals surface area contributed by atoms with E-state index in [2.05, 4.69) is 12.1 Å². The van der Waals surface area contributed by atoms with E-state index in [0.717, 1.165) is 12.0 Å². The summed E-state index contributed by atoms with van der Waals surface area (Å²) in [6.07, 6.45) is 4.80. The normalized spacial score (nSPS) is 18.2. The minimum atomic E-state index is -0.805. The highest BCUT2D eigenvalue weighted by Gasteiger charge is 2.24. The first-order chi connectivity index (χ1) is 7.63. The van der Waals surface area contributed by atoms with Crippen molar-refractivity contribution in [2.24, 2.45) is 0 Å². The van der Waals surface area contributed by atoms with E-state index in [-0.39, 0.29) is 6.61 Å². The van der Waals surface area contributed by atoms with E-state index in [1.807, 2.05) is 13.0 Å². The predicted molar refractivity (Wildman–Crippen MR) is 64.4 cm³/mol. The third-order valence-corrected chi connectivity index (χ3v) is 3.54. The Hall–Kier alpha value is -0.860. The zero-order valence-corrected chi connectivity index (χ0v) is 9.87. The van der Waals surface area contributed by atoms with Gasteiger partial charge in [0.25, 0.3) is 0 Å². The summed E-state index contributed by atoms with van der Waals surface area (Å²) in [7, 11) is 0. The summed E-state index contributed by atoms with van der Waals surface area (Å²) in [6.45, 7) is 1.97. The van der Waals surface area contributed by atoms with Crippen molar-refractivity contribution in [2.75, 3.05) is 6.61 Å². The Labute approximate surface area is 96.9 Å². The summed E-state index contributed by atoms with van der Waals surface area (Å²) in [5.41, 5.74) is 3.01. The first-order valence-electron chi connectivity index (χ1n) is 6.09. The minimum Gasteiger partial charge on any atom is -0.396 e. The first-order valence-corrected chi connectivity index (χ1v) is 6.09. The maximum atomic E-state index is 10.3. The smallest absolute Gasteiger partial charge is 0.0869 e. The van der Waals surface area contributed by atoms with Crippen LogP contribution in [0.5, 0.6) is 0 Å². The molecule has 88 valence electrons. The van der Waals surface area contributed by atoms with Gasteiger partial charge in [0.1, 0.15) is 0 Å². The molecule has 2 N–H and O–H groups in total. The lowest BCUT2D eigenvalue weighted by Crippen LogP contribution is -2.21. The Morgan fingerprint density at radius 2 is 2.00 bits per heavy atom. The Morgan fingerprint density at radius 1 is 1.25 bits per heavy atom. The molecule has 1 aliphatic carbocycles. The number of fused-ring (bicyclic) bond motifs is 1. The standard InChI is InChI=1S/C14H20O2/c1-14(16,8-3-9-15)13-7-6-11-4-2-5-12(11)10-13/h6-7,10,15-16H,2-5,8-9H2,1H3. The van der Waals surface area contributed by atoms with E-state index in [9.17, 15) is 5.11 Å². The van der Waals surface area contributed by atoms with E-state index in [1.54, 1.807) is 0 Å². The van der Waals surface area contributed by atoms with Gasteiger partial charge in [-0.15, -0.1) is 0 Å². The SMILES string of the molecule is CC(O)(CCCO)c1ccc2c(c1)CCC2. The monoisotopic (exact) mass is 220 g/mol. The van der Waals surface area contributed by atoms with E-state index < -0.39 is 5.60 Å². The second kappa shape index (κ2) is 4.56. The lowest BCUT2D eigenvalue weighted by Gasteiger charge is -2.24. The van der Waals surface area contributed by atoms with Gasteiger partial charge in [0.05, 0.1) is 5.60 Å². The van der Waals surface area contributed by atoms with Gasteiger partial charge in [-0.25, -0.2) is 0 Å². The summed E-state index contributed by atoms with van der Waals surface area (Å²) in [5.74, 6) is 0. The van der Waals surface area contributed by atoms with Crippen LogP contribution in [0.3, 0.4) is 0 Å². The summed E-state index contributed by atoms with van der Waals surface area (Å²) in [6, 6.07) is 6.31. The second-order valence-electron chi connectivity index (χ2n) is 4.94. The van der Waals surface area contributed by atoms with Gasteiger partial charge in [-0.2, -0.15) is 0 Å². The maximum Gasteiger partial charge on any atom is 0.0869 e. The quantitative estimate of drug-likeness (QED) is 0.816. The number of aliphatic hydroxyl groups is 2. The highest BCUT2D eigenvalue weighted by Crippen LogP contribution is 2.30. The average molecular weight is 220 g/mol. The highest BCUT2D eigenvalue weighted by molar-refractivity contribution is 5.37. The van der Waals surface area contributed by atoms with Crippen LogP contribution in [-0.2, 0) is 18.4 Å². The number of benzene rings is 1. The number of aliphatic hydroxyl groups excluding tert-OH is 1. The fraction of sp³-hybridized carbons (Fsp3) is 0.571. The molecule has 1 aromatic carbocycles. The Morgan fingerprint density at radius 3 is 2.75 bits per heavy atom. The average Bonchev–Trinajstić information content (AvgIpc) is 2.73. The molecule has 0 aliphatic heterocycles. The second-order valence-corrected chi connectivity index (χ2v) is 4.94. The highest BCUT2D eigenvalue weighted by atomic mass is 16.3. The summed E-state index contributed by atoms with van der Waals surface area (Å²) in [5, 5.41) is 19.2. The summed E-state index contributed by atoms with van der Waals surface area (Å²) < 4.78 is 0. The van der Waals surface area contributed by atoms with Gasteiger partial charge in [0, 0.05) is 6.61 Å². The van der Waals surface area contributed by atoms with Gasteiger partial charge in [0.15, 0.2) is 0 Å². The van der Waals surface area contributed by atoms with Crippen molar-refractivity contribution in [3.8, 4) is 0 Å². The molecule has 0 heterocycles. The summed E-state index contributed by atoms with van der Waals surface area (Å²) in [4.78, 5) is 0. The molecular formula is C14H20O2. The Bertz CT molecular complexity index is 369. The maximum absolute atomic E-state index is 10.3. The van der Waals surface area contributed by atoms with Crippen molar-refractivity contribution in [3.05, 3.63) is 34.9 Å². The van der Waals surface area contributed by atoms with E-state index in [1.165, 1.54) is 24.0 Å². The van der Waals surface area contributed by atoms with Crippen molar-refractivity contribution in [1.29, 1.82) is 0 Å². The fourth-order valence-electron chi connectivity index (χ4n) is 2.47. The molecule has 1 aromatic rings. The number of hydrogen-bond acceptors (Lipinski definition) is 2. The first kappa shape index (κ1) is 11.6. The lowest BCUT2D eigenvalue weighted by molar-refractivity contribution is 0.0403. The van der Waals surface area contributed by atoms with Crippen LogP contribution < -0.4 is 0 Å². The fourth-order valence-corrected chi connectivity index (χ4v) is 2.47. The van der Waals surface area contributed by atoms with Gasteiger partial charge in [-0.05, 0) is 55.7 Å². The van der Waals surface area contributed by atoms with Gasteiger partial charge in [-0.1, -0.05) is 18.2 Å². The van der Waals surface area contributed by atoms with Crippen molar-refractivity contribution >= 4 is 0 Å². The number of rotatable bonds is 4. The Kier molecular flexibility index (Phi) is 3.31. The lowest BCUT2D eigenvalue weighted by atomic mass is 9.89. The molecule has 0 bridgehead atoms. The zero-order valence-electron chi connectivity index (χ0n) is 9.87. The molecule has 0 fully saturated rings. The number of hydrogen-bond donors (Lipinski definition) is 2. The van der Waals surface area contributed by atoms with Crippen molar-refractivity contribution in [2.45, 2.75) is 44.6 Å². The van der Waals surface area contributed by atoms with Crippen LogP contribution in [0.25, 0.3) is 0 Å². The van der Waals surface area contributed by atoms with Crippen molar-refractivity contribution < 1.29 is 10.2 Å². The molecule has 0 saturated heterocycles. The van der Waals surface area contributed by atoms with Crippen LogP contribution in [0.15, 0.2) is 18.2 Å².